The fourth-order valence-electron chi connectivity index (χ4n) is 3.00. The second-order valence-electron chi connectivity index (χ2n) is 10.1. The molecule has 0 aromatic carbocycles. The van der Waals surface area contributed by atoms with Crippen LogP contribution >= 0.6 is 22.7 Å². The molecule has 0 aliphatic heterocycles. The van der Waals surface area contributed by atoms with Crippen LogP contribution in [0.4, 0.5) is 14.7 Å². The lowest BCUT2D eigenvalue weighted by Gasteiger charge is -2.42. The Morgan fingerprint density at radius 1 is 1.03 bits per heavy atom. The van der Waals surface area contributed by atoms with Crippen LogP contribution in [-0.4, -0.2) is 34.5 Å². The number of nitrogens with one attached hydrogen (secondary N) is 3. The van der Waals surface area contributed by atoms with Gasteiger partial charge in [-0.25, -0.2) is 19.9 Å². The predicted octanol–water partition coefficient (Wildman–Crippen LogP) is 4.36. The first-order chi connectivity index (χ1) is 16.1. The van der Waals surface area contributed by atoms with Crippen LogP contribution in [0, 0.1) is 5.41 Å². The van der Waals surface area contributed by atoms with Crippen LogP contribution in [-0.2, 0) is 33.7 Å². The summed E-state index contributed by atoms with van der Waals surface area (Å²) < 4.78 is 11.0. The number of anilines is 1. The number of ether oxygens (including phenoxy) is 2. The van der Waals surface area contributed by atoms with Crippen LogP contribution in [0.1, 0.15) is 63.9 Å². The van der Waals surface area contributed by atoms with Crippen molar-refractivity contribution in [2.75, 3.05) is 5.32 Å². The van der Waals surface area contributed by atoms with Crippen molar-refractivity contribution in [3.63, 3.8) is 0 Å². The number of thiazole rings is 1. The molecule has 0 saturated carbocycles. The maximum absolute atomic E-state index is 12.6. The Hall–Kier alpha value is -2.70. The number of rotatable bonds is 9. The maximum atomic E-state index is 12.6. The van der Waals surface area contributed by atoms with Gasteiger partial charge in [-0.1, -0.05) is 20.8 Å². The fraction of sp³-hybridized carbons (Fsp3) is 0.565. The van der Waals surface area contributed by atoms with Crippen molar-refractivity contribution in [2.24, 2.45) is 11.1 Å². The third-order valence-corrected chi connectivity index (χ3v) is 6.57. The highest BCUT2D eigenvalue weighted by molar-refractivity contribution is 7.14. The SMILES string of the molecule is CC(=O)Nc1nc(CCc2ccc(CNC(OC(N)=O)(OC(=O)NC(C)(C)C)C(C)(C)C)s2)cs1. The van der Waals surface area contributed by atoms with E-state index in [9.17, 15) is 14.4 Å². The van der Waals surface area contributed by atoms with E-state index >= 15 is 0 Å². The van der Waals surface area contributed by atoms with Crippen LogP contribution in [0.2, 0.25) is 0 Å². The van der Waals surface area contributed by atoms with Crippen LogP contribution < -0.4 is 21.7 Å². The van der Waals surface area contributed by atoms with E-state index in [1.54, 1.807) is 32.1 Å². The molecule has 0 aliphatic rings. The number of primary amides is 1. The van der Waals surface area contributed by atoms with Gasteiger partial charge in [-0.05, 0) is 45.7 Å². The number of carbonyl (C=O) groups is 3. The number of carbonyl (C=O) groups excluding carboxylic acids is 3. The molecular weight excluding hydrogens is 490 g/mol. The molecule has 0 bridgehead atoms. The van der Waals surface area contributed by atoms with E-state index in [1.807, 2.05) is 38.3 Å². The van der Waals surface area contributed by atoms with Gasteiger partial charge in [0, 0.05) is 34.1 Å². The zero-order valence-electron chi connectivity index (χ0n) is 21.2. The molecule has 0 radical (unpaired) electrons. The molecule has 194 valence electrons. The summed E-state index contributed by atoms with van der Waals surface area (Å²) in [7, 11) is 0. The summed E-state index contributed by atoms with van der Waals surface area (Å²) in [6.45, 7) is 12.5. The molecule has 12 heteroatoms. The van der Waals surface area contributed by atoms with Gasteiger partial charge < -0.3 is 25.8 Å². The lowest BCUT2D eigenvalue weighted by atomic mass is 9.90. The fourth-order valence-corrected chi connectivity index (χ4v) is 4.75. The number of amides is 3. The summed E-state index contributed by atoms with van der Waals surface area (Å²) in [6.07, 6.45) is -0.295. The molecule has 5 N–H and O–H groups in total. The topological polar surface area (TPSA) is 145 Å². The van der Waals surface area contributed by atoms with E-state index in [-0.39, 0.29) is 12.5 Å². The summed E-state index contributed by atoms with van der Waals surface area (Å²) in [5, 5.41) is 11.0. The highest BCUT2D eigenvalue weighted by Gasteiger charge is 2.50. The minimum Gasteiger partial charge on any atom is -0.392 e. The molecule has 0 aliphatic carbocycles. The first-order valence-corrected chi connectivity index (χ1v) is 12.8. The van der Waals surface area contributed by atoms with E-state index in [4.69, 9.17) is 15.2 Å². The highest BCUT2D eigenvalue weighted by atomic mass is 32.1. The van der Waals surface area contributed by atoms with Crippen LogP contribution in [0.3, 0.4) is 0 Å². The lowest BCUT2D eigenvalue weighted by Crippen LogP contribution is -2.62. The number of hydrogen-bond acceptors (Lipinski definition) is 9. The van der Waals surface area contributed by atoms with Crippen molar-refractivity contribution in [1.29, 1.82) is 0 Å². The van der Waals surface area contributed by atoms with Crippen molar-refractivity contribution >= 4 is 45.9 Å². The van der Waals surface area contributed by atoms with Gasteiger partial charge in [0.05, 0.1) is 11.1 Å². The van der Waals surface area contributed by atoms with E-state index in [0.29, 0.717) is 5.13 Å². The third kappa shape index (κ3) is 9.11. The molecule has 0 saturated heterocycles. The van der Waals surface area contributed by atoms with Crippen LogP contribution in [0.5, 0.6) is 0 Å². The Labute approximate surface area is 214 Å². The second kappa shape index (κ2) is 11.4. The lowest BCUT2D eigenvalue weighted by molar-refractivity contribution is -0.244. The number of aromatic nitrogens is 1. The summed E-state index contributed by atoms with van der Waals surface area (Å²) in [6, 6.07) is 3.98. The zero-order valence-corrected chi connectivity index (χ0v) is 22.9. The molecule has 2 aromatic rings. The van der Waals surface area contributed by atoms with Crippen LogP contribution in [0.25, 0.3) is 0 Å². The maximum Gasteiger partial charge on any atom is 0.411 e. The normalized spacial score (nSPS) is 13.6. The molecule has 1 unspecified atom stereocenters. The van der Waals surface area contributed by atoms with Crippen molar-refractivity contribution in [1.82, 2.24) is 15.6 Å². The van der Waals surface area contributed by atoms with Gasteiger partial charge in [0.1, 0.15) is 0 Å². The summed E-state index contributed by atoms with van der Waals surface area (Å²) >= 11 is 2.98. The molecule has 2 rings (SSSR count). The quantitative estimate of drug-likeness (QED) is 0.356. The summed E-state index contributed by atoms with van der Waals surface area (Å²) in [4.78, 5) is 42.0. The van der Waals surface area contributed by atoms with Gasteiger partial charge >= 0.3 is 18.1 Å². The monoisotopic (exact) mass is 525 g/mol. The van der Waals surface area contributed by atoms with Crippen molar-refractivity contribution in [3.05, 3.63) is 33.0 Å². The molecule has 1 atom stereocenters. The van der Waals surface area contributed by atoms with Gasteiger partial charge in [-0.15, -0.1) is 22.7 Å². The number of alkyl carbamates (subject to hydrolysis) is 1. The smallest absolute Gasteiger partial charge is 0.392 e. The Balaban J connectivity index is 2.08. The Kier molecular flexibility index (Phi) is 9.26. The van der Waals surface area contributed by atoms with Crippen LogP contribution in [0.15, 0.2) is 17.5 Å². The van der Waals surface area contributed by atoms with Crippen molar-refractivity contribution < 1.29 is 23.9 Å². The van der Waals surface area contributed by atoms with E-state index in [1.165, 1.54) is 18.3 Å². The number of nitrogens with two attached hydrogens (primary N) is 1. The molecule has 2 aromatic heterocycles. The highest BCUT2D eigenvalue weighted by Crippen LogP contribution is 2.34. The first kappa shape index (κ1) is 28.5. The van der Waals surface area contributed by atoms with E-state index < -0.39 is 29.1 Å². The molecule has 10 nitrogen and oxygen atoms in total. The second-order valence-corrected chi connectivity index (χ2v) is 12.2. The average Bonchev–Trinajstić information content (AvgIpc) is 3.30. The molecule has 35 heavy (non-hydrogen) atoms. The molecular formula is C23H35N5O5S2. The van der Waals surface area contributed by atoms with Gasteiger partial charge in [0.2, 0.25) is 5.91 Å². The standard InChI is InChI=1S/C23H35N5O5S2/c1-14(29)26-19-27-15(13-34-19)8-9-16-10-11-17(35-16)12-25-23(21(2,3)4,32-18(24)30)33-20(31)28-22(5,6)7/h10-11,13,25H,8-9,12H2,1-7H3,(H2,24,30)(H,28,31)(H,26,27,29). The zero-order chi connectivity index (χ0) is 26.4. The Bertz CT molecular complexity index is 1040. The van der Waals surface area contributed by atoms with Gasteiger partial charge in [0.25, 0.3) is 0 Å². The van der Waals surface area contributed by atoms with Crippen molar-refractivity contribution in [3.8, 4) is 0 Å². The average molecular weight is 526 g/mol. The minimum absolute atomic E-state index is 0.146. The number of nitrogens with zero attached hydrogens (tertiary/aromatic N) is 1. The third-order valence-electron chi connectivity index (χ3n) is 4.62. The predicted molar refractivity (Wildman–Crippen MR) is 137 cm³/mol. The number of aryl methyl sites for hydroxylation is 2. The Morgan fingerprint density at radius 3 is 2.26 bits per heavy atom. The van der Waals surface area contributed by atoms with Gasteiger partial charge in [-0.3, -0.25) is 4.79 Å². The molecule has 0 fully saturated rings. The van der Waals surface area contributed by atoms with E-state index in [0.717, 1.165) is 28.3 Å². The van der Waals surface area contributed by atoms with E-state index in [2.05, 4.69) is 20.9 Å². The number of hydrogen-bond donors (Lipinski definition) is 4. The molecule has 2 heterocycles. The van der Waals surface area contributed by atoms with Gasteiger partial charge in [-0.2, -0.15) is 0 Å². The first-order valence-electron chi connectivity index (χ1n) is 11.1. The molecule has 0 spiro atoms. The number of thiophene rings is 1. The van der Waals surface area contributed by atoms with Gasteiger partial charge in [0.15, 0.2) is 5.13 Å². The minimum atomic E-state index is -1.79. The molecule has 3 amide bonds. The Morgan fingerprint density at radius 2 is 1.69 bits per heavy atom. The largest absolute Gasteiger partial charge is 0.411 e. The van der Waals surface area contributed by atoms with Crippen molar-refractivity contribution in [2.45, 2.75) is 79.3 Å². The summed E-state index contributed by atoms with van der Waals surface area (Å²) in [5.74, 6) is -1.94. The summed E-state index contributed by atoms with van der Waals surface area (Å²) in [5.41, 5.74) is 4.86.